The topological polar surface area (TPSA) is 58.2 Å². The van der Waals surface area contributed by atoms with E-state index in [1.807, 2.05) is 30.3 Å². The molecule has 3 N–H and O–H groups in total. The number of rotatable bonds is 2. The van der Waals surface area contributed by atoms with Crippen molar-refractivity contribution in [1.82, 2.24) is 15.6 Å². The summed E-state index contributed by atoms with van der Waals surface area (Å²) in [7, 11) is 0. The first-order valence-electron chi connectivity index (χ1n) is 8.45. The number of aromatic nitrogens is 1. The molecule has 3 heterocycles. The Morgan fingerprint density at radius 3 is 2.88 bits per heavy atom. The normalized spacial score (nSPS) is 18.6. The van der Waals surface area contributed by atoms with Crippen molar-refractivity contribution in [3.63, 3.8) is 0 Å². The monoisotopic (exact) mass is 350 g/mol. The summed E-state index contributed by atoms with van der Waals surface area (Å²) in [5.74, 6) is 1.70. The van der Waals surface area contributed by atoms with Crippen LogP contribution in [0, 0.1) is 0 Å². The van der Waals surface area contributed by atoms with E-state index in [9.17, 15) is 0 Å². The van der Waals surface area contributed by atoms with Crippen LogP contribution in [0.2, 0.25) is 0 Å². The Labute approximate surface area is 150 Å². The van der Waals surface area contributed by atoms with E-state index in [-0.39, 0.29) is 0 Å². The average Bonchev–Trinajstić information content (AvgIpc) is 3.17. The maximum atomic E-state index is 5.97. The minimum absolute atomic E-state index is 0.304. The van der Waals surface area contributed by atoms with Crippen LogP contribution in [0.3, 0.4) is 0 Å². The highest BCUT2D eigenvalue weighted by atomic mass is 32.1. The summed E-state index contributed by atoms with van der Waals surface area (Å²) < 4.78 is 5.97. The van der Waals surface area contributed by atoms with Gasteiger partial charge in [-0.15, -0.1) is 11.3 Å². The SMILES string of the molecule is c1ccc2c(c1)Nc1cc(-c3csc(C4CNCCN4)n3)ccc1O2. The molecule has 0 amide bonds. The maximum Gasteiger partial charge on any atom is 0.151 e. The van der Waals surface area contributed by atoms with Gasteiger partial charge in [0.15, 0.2) is 11.5 Å². The largest absolute Gasteiger partial charge is 0.453 e. The second-order valence-corrected chi connectivity index (χ2v) is 7.11. The molecule has 0 saturated carbocycles. The number of piperazine rings is 1. The number of thiazole rings is 1. The molecule has 6 heteroatoms. The number of fused-ring (bicyclic) bond motifs is 2. The van der Waals surface area contributed by atoms with E-state index in [1.54, 1.807) is 11.3 Å². The smallest absolute Gasteiger partial charge is 0.151 e. The first kappa shape index (κ1) is 14.9. The Hall–Kier alpha value is -2.41. The zero-order valence-corrected chi connectivity index (χ0v) is 14.4. The highest BCUT2D eigenvalue weighted by Gasteiger charge is 2.20. The summed E-state index contributed by atoms with van der Waals surface area (Å²) in [6.45, 7) is 2.94. The summed E-state index contributed by atoms with van der Waals surface area (Å²) >= 11 is 1.71. The average molecular weight is 350 g/mol. The molecule has 126 valence electrons. The number of para-hydroxylation sites is 2. The molecule has 2 aliphatic rings. The zero-order chi connectivity index (χ0) is 16.6. The highest BCUT2D eigenvalue weighted by Crippen LogP contribution is 2.43. The van der Waals surface area contributed by atoms with Gasteiger partial charge in [-0.05, 0) is 30.3 Å². The molecular formula is C19H18N4OS. The van der Waals surface area contributed by atoms with Crippen LogP contribution in [0.15, 0.2) is 47.8 Å². The van der Waals surface area contributed by atoms with Gasteiger partial charge in [-0.2, -0.15) is 0 Å². The maximum absolute atomic E-state index is 5.97. The fourth-order valence-corrected chi connectivity index (χ4v) is 4.11. The molecule has 0 aliphatic carbocycles. The lowest BCUT2D eigenvalue weighted by Crippen LogP contribution is -2.42. The van der Waals surface area contributed by atoms with Gasteiger partial charge < -0.3 is 20.7 Å². The second-order valence-electron chi connectivity index (χ2n) is 6.22. The van der Waals surface area contributed by atoms with Crippen molar-refractivity contribution in [3.05, 3.63) is 52.9 Å². The minimum Gasteiger partial charge on any atom is -0.453 e. The third-order valence-electron chi connectivity index (χ3n) is 4.51. The van der Waals surface area contributed by atoms with E-state index in [0.717, 1.165) is 58.8 Å². The summed E-state index contributed by atoms with van der Waals surface area (Å²) in [4.78, 5) is 4.84. The predicted molar refractivity (Wildman–Crippen MR) is 101 cm³/mol. The van der Waals surface area contributed by atoms with Crippen molar-refractivity contribution in [1.29, 1.82) is 0 Å². The highest BCUT2D eigenvalue weighted by molar-refractivity contribution is 7.10. The van der Waals surface area contributed by atoms with Gasteiger partial charge in [-0.3, -0.25) is 0 Å². The number of anilines is 2. The van der Waals surface area contributed by atoms with Gasteiger partial charge in [-0.1, -0.05) is 12.1 Å². The number of hydrogen-bond donors (Lipinski definition) is 3. The minimum atomic E-state index is 0.304. The summed E-state index contributed by atoms with van der Waals surface area (Å²) in [5.41, 5.74) is 4.07. The Bertz CT molecular complexity index is 917. The van der Waals surface area contributed by atoms with E-state index < -0.39 is 0 Å². The van der Waals surface area contributed by atoms with Gasteiger partial charge in [0.25, 0.3) is 0 Å². The molecule has 1 saturated heterocycles. The Balaban J connectivity index is 1.43. The van der Waals surface area contributed by atoms with Crippen LogP contribution in [-0.4, -0.2) is 24.6 Å². The number of nitrogens with zero attached hydrogens (tertiary/aromatic N) is 1. The van der Waals surface area contributed by atoms with Gasteiger partial charge in [0, 0.05) is 30.6 Å². The number of benzene rings is 2. The van der Waals surface area contributed by atoms with Crippen molar-refractivity contribution >= 4 is 22.7 Å². The molecule has 0 radical (unpaired) electrons. The number of ether oxygens (including phenoxy) is 1. The fourth-order valence-electron chi connectivity index (χ4n) is 3.21. The molecule has 5 nitrogen and oxygen atoms in total. The molecule has 1 unspecified atom stereocenters. The van der Waals surface area contributed by atoms with E-state index in [1.165, 1.54) is 0 Å². The van der Waals surface area contributed by atoms with Gasteiger partial charge in [0.1, 0.15) is 5.01 Å². The predicted octanol–water partition coefficient (Wildman–Crippen LogP) is 3.89. The third kappa shape index (κ3) is 2.78. The molecule has 5 rings (SSSR count). The number of nitrogens with one attached hydrogen (secondary N) is 3. The van der Waals surface area contributed by atoms with Crippen LogP contribution < -0.4 is 20.7 Å². The summed E-state index contributed by atoms with van der Waals surface area (Å²) in [5, 5.41) is 13.6. The summed E-state index contributed by atoms with van der Waals surface area (Å²) in [6, 6.07) is 14.5. The van der Waals surface area contributed by atoms with Crippen LogP contribution in [0.4, 0.5) is 11.4 Å². The Kier molecular flexibility index (Phi) is 3.66. The van der Waals surface area contributed by atoms with Crippen LogP contribution in [0.1, 0.15) is 11.0 Å². The van der Waals surface area contributed by atoms with E-state index in [4.69, 9.17) is 9.72 Å². The third-order valence-corrected chi connectivity index (χ3v) is 5.47. The van der Waals surface area contributed by atoms with Crippen LogP contribution in [0.5, 0.6) is 11.5 Å². The molecule has 1 fully saturated rings. The van der Waals surface area contributed by atoms with Crippen molar-refractivity contribution in [3.8, 4) is 22.8 Å². The zero-order valence-electron chi connectivity index (χ0n) is 13.6. The first-order chi connectivity index (χ1) is 12.4. The van der Waals surface area contributed by atoms with Gasteiger partial charge >= 0.3 is 0 Å². The molecular weight excluding hydrogens is 332 g/mol. The standard InChI is InChI=1S/C19H18N4OS/c1-2-4-17-13(3-1)22-14-9-12(5-6-18(14)24-17)16-11-25-19(23-16)15-10-20-7-8-21-15/h1-6,9,11,15,20-22H,7-8,10H2. The molecule has 0 bridgehead atoms. The molecule has 1 atom stereocenters. The molecule has 25 heavy (non-hydrogen) atoms. The van der Waals surface area contributed by atoms with Gasteiger partial charge in [0.2, 0.25) is 0 Å². The van der Waals surface area contributed by atoms with Gasteiger partial charge in [0.05, 0.1) is 23.1 Å². The summed E-state index contributed by atoms with van der Waals surface area (Å²) in [6.07, 6.45) is 0. The molecule has 3 aromatic rings. The van der Waals surface area contributed by atoms with E-state index in [2.05, 4.69) is 33.5 Å². The van der Waals surface area contributed by atoms with Crippen molar-refractivity contribution in [2.24, 2.45) is 0 Å². The van der Waals surface area contributed by atoms with Crippen molar-refractivity contribution in [2.45, 2.75) is 6.04 Å². The lowest BCUT2D eigenvalue weighted by molar-refractivity contribution is 0.429. The number of hydrogen-bond acceptors (Lipinski definition) is 6. The Morgan fingerprint density at radius 1 is 1.04 bits per heavy atom. The first-order valence-corrected chi connectivity index (χ1v) is 9.33. The van der Waals surface area contributed by atoms with Crippen LogP contribution in [0.25, 0.3) is 11.3 Å². The second kappa shape index (κ2) is 6.15. The quantitative estimate of drug-likeness (QED) is 0.512. The van der Waals surface area contributed by atoms with E-state index in [0.29, 0.717) is 6.04 Å². The van der Waals surface area contributed by atoms with Crippen LogP contribution >= 0.6 is 11.3 Å². The molecule has 2 aliphatic heterocycles. The fraction of sp³-hybridized carbons (Fsp3) is 0.211. The van der Waals surface area contributed by atoms with E-state index >= 15 is 0 Å². The van der Waals surface area contributed by atoms with Crippen LogP contribution in [-0.2, 0) is 0 Å². The lowest BCUT2D eigenvalue weighted by Gasteiger charge is -2.22. The van der Waals surface area contributed by atoms with Crippen molar-refractivity contribution < 1.29 is 4.74 Å². The van der Waals surface area contributed by atoms with Gasteiger partial charge in [-0.25, -0.2) is 4.98 Å². The Morgan fingerprint density at radius 2 is 1.96 bits per heavy atom. The van der Waals surface area contributed by atoms with Crippen molar-refractivity contribution in [2.75, 3.05) is 25.0 Å². The molecule has 1 aromatic heterocycles. The molecule has 0 spiro atoms. The lowest BCUT2D eigenvalue weighted by atomic mass is 10.1. The molecule has 2 aromatic carbocycles.